The van der Waals surface area contributed by atoms with Crippen LogP contribution in [-0.4, -0.2) is 35.1 Å². The SMILES string of the molecule is Cc1onc(-c2c(Cl)cccc2Cl)c1C(=O)N1CC(CN)CC1C. The predicted octanol–water partition coefficient (Wildman–Crippen LogP) is 3.77. The van der Waals surface area contributed by atoms with Crippen molar-refractivity contribution in [2.24, 2.45) is 11.7 Å². The van der Waals surface area contributed by atoms with Gasteiger partial charge in [-0.25, -0.2) is 0 Å². The molecular formula is C17H19Cl2N3O2. The molecule has 2 unspecified atom stereocenters. The molecule has 2 heterocycles. The van der Waals surface area contributed by atoms with Crippen LogP contribution in [0, 0.1) is 12.8 Å². The minimum Gasteiger partial charge on any atom is -0.360 e. The Balaban J connectivity index is 2.04. The van der Waals surface area contributed by atoms with E-state index in [2.05, 4.69) is 5.16 Å². The van der Waals surface area contributed by atoms with Crippen molar-refractivity contribution in [2.45, 2.75) is 26.3 Å². The van der Waals surface area contributed by atoms with Gasteiger partial charge in [-0.05, 0) is 44.9 Å². The maximum absolute atomic E-state index is 13.1. The normalized spacial score (nSPS) is 20.6. The third-order valence-electron chi connectivity index (χ3n) is 4.53. The van der Waals surface area contributed by atoms with E-state index < -0.39 is 0 Å². The Morgan fingerprint density at radius 2 is 2.08 bits per heavy atom. The van der Waals surface area contributed by atoms with E-state index in [1.165, 1.54) is 0 Å². The molecule has 24 heavy (non-hydrogen) atoms. The summed E-state index contributed by atoms with van der Waals surface area (Å²) >= 11 is 12.6. The lowest BCUT2D eigenvalue weighted by Gasteiger charge is -2.21. The van der Waals surface area contributed by atoms with E-state index in [1.54, 1.807) is 25.1 Å². The van der Waals surface area contributed by atoms with Crippen molar-refractivity contribution in [1.29, 1.82) is 0 Å². The van der Waals surface area contributed by atoms with Gasteiger partial charge in [0.2, 0.25) is 0 Å². The van der Waals surface area contributed by atoms with Crippen LogP contribution >= 0.6 is 23.2 Å². The molecule has 3 rings (SSSR count). The lowest BCUT2D eigenvalue weighted by molar-refractivity contribution is 0.0742. The largest absolute Gasteiger partial charge is 0.360 e. The molecule has 1 amide bonds. The summed E-state index contributed by atoms with van der Waals surface area (Å²) in [4.78, 5) is 14.9. The molecule has 1 aliphatic rings. The summed E-state index contributed by atoms with van der Waals surface area (Å²) in [6.45, 7) is 4.95. The first kappa shape index (κ1) is 17.3. The Labute approximate surface area is 150 Å². The van der Waals surface area contributed by atoms with Crippen LogP contribution in [0.2, 0.25) is 10.0 Å². The van der Waals surface area contributed by atoms with E-state index in [0.717, 1.165) is 6.42 Å². The molecule has 7 heteroatoms. The van der Waals surface area contributed by atoms with Gasteiger partial charge in [0.05, 0.1) is 10.0 Å². The highest BCUT2D eigenvalue weighted by Gasteiger charge is 2.36. The summed E-state index contributed by atoms with van der Waals surface area (Å²) in [6.07, 6.45) is 0.898. The number of rotatable bonds is 3. The van der Waals surface area contributed by atoms with Crippen LogP contribution in [0.15, 0.2) is 22.7 Å². The maximum atomic E-state index is 13.1. The van der Waals surface area contributed by atoms with Crippen LogP contribution in [0.3, 0.4) is 0 Å². The number of aryl methyl sites for hydroxylation is 1. The van der Waals surface area contributed by atoms with Gasteiger partial charge in [0.15, 0.2) is 0 Å². The van der Waals surface area contributed by atoms with E-state index in [1.807, 2.05) is 11.8 Å². The Bertz CT molecular complexity index is 755. The number of halogens is 2. The zero-order valence-electron chi connectivity index (χ0n) is 13.6. The standard InChI is InChI=1S/C17H19Cl2N3O2/c1-9-6-11(7-20)8-22(9)17(23)14-10(2)24-21-16(14)15-12(18)4-3-5-13(15)19/h3-5,9,11H,6-8,20H2,1-2H3. The highest BCUT2D eigenvalue weighted by molar-refractivity contribution is 6.39. The molecule has 5 nitrogen and oxygen atoms in total. The van der Waals surface area contributed by atoms with Gasteiger partial charge >= 0.3 is 0 Å². The number of amides is 1. The molecule has 2 atom stereocenters. The molecular weight excluding hydrogens is 349 g/mol. The Morgan fingerprint density at radius 3 is 2.67 bits per heavy atom. The van der Waals surface area contributed by atoms with Crippen LogP contribution in [0.4, 0.5) is 0 Å². The summed E-state index contributed by atoms with van der Waals surface area (Å²) in [7, 11) is 0. The van der Waals surface area contributed by atoms with Crippen molar-refractivity contribution in [3.63, 3.8) is 0 Å². The second kappa shape index (κ2) is 6.75. The number of carbonyl (C=O) groups is 1. The Morgan fingerprint density at radius 1 is 1.42 bits per heavy atom. The lowest BCUT2D eigenvalue weighted by atomic mass is 10.0. The zero-order chi connectivity index (χ0) is 17.4. The second-order valence-electron chi connectivity index (χ2n) is 6.20. The van der Waals surface area contributed by atoms with Crippen molar-refractivity contribution < 1.29 is 9.32 Å². The van der Waals surface area contributed by atoms with Crippen molar-refractivity contribution in [3.8, 4) is 11.3 Å². The first-order valence-electron chi connectivity index (χ1n) is 7.85. The lowest BCUT2D eigenvalue weighted by Crippen LogP contribution is -2.35. The predicted molar refractivity (Wildman–Crippen MR) is 94.4 cm³/mol. The smallest absolute Gasteiger partial charge is 0.259 e. The van der Waals surface area contributed by atoms with Gasteiger partial charge in [0, 0.05) is 18.2 Å². The topological polar surface area (TPSA) is 72.4 Å². The fourth-order valence-electron chi connectivity index (χ4n) is 3.26. The molecule has 0 spiro atoms. The molecule has 128 valence electrons. The number of hydrogen-bond donors (Lipinski definition) is 1. The zero-order valence-corrected chi connectivity index (χ0v) is 15.1. The third-order valence-corrected chi connectivity index (χ3v) is 5.16. The molecule has 1 aromatic heterocycles. The molecule has 2 aromatic rings. The Hall–Kier alpha value is -1.56. The number of nitrogens with two attached hydrogens (primary N) is 1. The number of nitrogens with zero attached hydrogens (tertiary/aromatic N) is 2. The molecule has 0 radical (unpaired) electrons. The number of likely N-dealkylation sites (tertiary alicyclic amines) is 1. The van der Waals surface area contributed by atoms with E-state index in [0.29, 0.717) is 51.6 Å². The van der Waals surface area contributed by atoms with Gasteiger partial charge in [0.25, 0.3) is 5.91 Å². The molecule has 1 aromatic carbocycles. The quantitative estimate of drug-likeness (QED) is 0.895. The average Bonchev–Trinajstić information content (AvgIpc) is 3.10. The third kappa shape index (κ3) is 2.92. The molecule has 1 saturated heterocycles. The fourth-order valence-corrected chi connectivity index (χ4v) is 3.83. The number of aromatic nitrogens is 1. The Kier molecular flexibility index (Phi) is 4.85. The van der Waals surface area contributed by atoms with Crippen molar-refractivity contribution in [2.75, 3.05) is 13.1 Å². The van der Waals surface area contributed by atoms with Gasteiger partial charge in [-0.1, -0.05) is 34.4 Å². The van der Waals surface area contributed by atoms with Crippen molar-refractivity contribution in [3.05, 3.63) is 39.6 Å². The monoisotopic (exact) mass is 367 g/mol. The maximum Gasteiger partial charge on any atom is 0.259 e. The summed E-state index contributed by atoms with van der Waals surface area (Å²) in [5.41, 5.74) is 7.08. The molecule has 0 bridgehead atoms. The van der Waals surface area contributed by atoms with Crippen LogP contribution in [0.25, 0.3) is 11.3 Å². The van der Waals surface area contributed by atoms with E-state index in [4.69, 9.17) is 33.5 Å². The molecule has 0 saturated carbocycles. The van der Waals surface area contributed by atoms with Crippen LogP contribution in [-0.2, 0) is 0 Å². The first-order chi connectivity index (χ1) is 11.4. The fraction of sp³-hybridized carbons (Fsp3) is 0.412. The van der Waals surface area contributed by atoms with Gasteiger partial charge in [-0.15, -0.1) is 0 Å². The van der Waals surface area contributed by atoms with Gasteiger partial charge in [-0.3, -0.25) is 4.79 Å². The van der Waals surface area contributed by atoms with Gasteiger partial charge in [-0.2, -0.15) is 0 Å². The number of hydrogen-bond acceptors (Lipinski definition) is 4. The summed E-state index contributed by atoms with van der Waals surface area (Å²) in [6, 6.07) is 5.29. The van der Waals surface area contributed by atoms with Crippen molar-refractivity contribution in [1.82, 2.24) is 10.1 Å². The summed E-state index contributed by atoms with van der Waals surface area (Å²) in [5.74, 6) is 0.647. The molecule has 1 aliphatic heterocycles. The van der Waals surface area contributed by atoms with Gasteiger partial charge < -0.3 is 15.2 Å². The van der Waals surface area contributed by atoms with E-state index >= 15 is 0 Å². The number of benzene rings is 1. The highest BCUT2D eigenvalue weighted by Crippen LogP contribution is 2.38. The molecule has 0 aliphatic carbocycles. The minimum absolute atomic E-state index is 0.120. The van der Waals surface area contributed by atoms with Gasteiger partial charge in [0.1, 0.15) is 17.0 Å². The van der Waals surface area contributed by atoms with Crippen LogP contribution in [0.5, 0.6) is 0 Å². The first-order valence-corrected chi connectivity index (χ1v) is 8.61. The van der Waals surface area contributed by atoms with E-state index in [9.17, 15) is 4.79 Å². The average molecular weight is 368 g/mol. The molecule has 2 N–H and O–H groups in total. The number of carbonyl (C=O) groups excluding carboxylic acids is 1. The van der Waals surface area contributed by atoms with Crippen LogP contribution < -0.4 is 5.73 Å². The minimum atomic E-state index is -0.122. The van der Waals surface area contributed by atoms with Crippen molar-refractivity contribution >= 4 is 29.1 Å². The summed E-state index contributed by atoms with van der Waals surface area (Å²) < 4.78 is 5.29. The second-order valence-corrected chi connectivity index (χ2v) is 7.02. The molecule has 1 fully saturated rings. The highest BCUT2D eigenvalue weighted by atomic mass is 35.5. The van der Waals surface area contributed by atoms with Crippen LogP contribution in [0.1, 0.15) is 29.5 Å². The van der Waals surface area contributed by atoms with E-state index in [-0.39, 0.29) is 11.9 Å². The summed E-state index contributed by atoms with van der Waals surface area (Å²) in [5, 5.41) is 4.91.